The van der Waals surface area contributed by atoms with E-state index in [1.807, 2.05) is 30.3 Å². The number of aryl methyl sites for hydroxylation is 1. The Hall–Kier alpha value is -2.06. The van der Waals surface area contributed by atoms with E-state index in [-0.39, 0.29) is 0 Å². The van der Waals surface area contributed by atoms with Crippen molar-refractivity contribution in [3.05, 3.63) is 65.2 Å². The Morgan fingerprint density at radius 3 is 2.47 bits per heavy atom. The number of rotatable bonds is 2. The minimum absolute atomic E-state index is 0.729. The van der Waals surface area contributed by atoms with Crippen LogP contribution in [0, 0.1) is 6.92 Å². The van der Waals surface area contributed by atoms with Gasteiger partial charge in [0.2, 0.25) is 0 Å². The van der Waals surface area contributed by atoms with Gasteiger partial charge < -0.3 is 5.32 Å². The van der Waals surface area contributed by atoms with Gasteiger partial charge in [-0.3, -0.25) is 0 Å². The molecule has 0 spiro atoms. The zero-order valence-electron chi connectivity index (χ0n) is 10.5. The van der Waals surface area contributed by atoms with Crippen LogP contribution in [0.1, 0.15) is 5.56 Å². The van der Waals surface area contributed by atoms with E-state index in [2.05, 4.69) is 41.5 Å². The van der Waals surface area contributed by atoms with Gasteiger partial charge in [-0.25, -0.2) is 4.98 Å². The number of hydrogen-bond acceptors (Lipinski definition) is 2. The van der Waals surface area contributed by atoms with Crippen LogP contribution in [-0.2, 0) is 0 Å². The lowest BCUT2D eigenvalue weighted by atomic mass is 10.1. The van der Waals surface area contributed by atoms with Crippen molar-refractivity contribution >= 4 is 34.0 Å². The summed E-state index contributed by atoms with van der Waals surface area (Å²) in [6.45, 7) is 2.07. The summed E-state index contributed by atoms with van der Waals surface area (Å²) in [6.07, 6.45) is 0. The van der Waals surface area contributed by atoms with Crippen LogP contribution in [0.3, 0.4) is 0 Å². The molecule has 0 saturated heterocycles. The molecular weight excluding hydrogens is 256 g/mol. The number of benzene rings is 2. The molecule has 2 nitrogen and oxygen atoms in total. The van der Waals surface area contributed by atoms with Crippen LogP contribution in [0.2, 0.25) is 5.02 Å². The molecule has 0 radical (unpaired) electrons. The number of anilines is 2. The number of fused-ring (bicyclic) bond motifs is 1. The number of nitrogens with one attached hydrogen (secondary N) is 1. The van der Waals surface area contributed by atoms with Gasteiger partial charge in [0.1, 0.15) is 5.82 Å². The van der Waals surface area contributed by atoms with E-state index in [9.17, 15) is 0 Å². The van der Waals surface area contributed by atoms with E-state index in [4.69, 9.17) is 11.6 Å². The first-order valence-corrected chi connectivity index (χ1v) is 6.48. The summed E-state index contributed by atoms with van der Waals surface area (Å²) in [5.74, 6) is 0.834. The smallest absolute Gasteiger partial charge is 0.131 e. The number of nitrogens with zero attached hydrogens (tertiary/aromatic N) is 1. The van der Waals surface area contributed by atoms with E-state index < -0.39 is 0 Å². The molecule has 0 bridgehead atoms. The van der Waals surface area contributed by atoms with Crippen molar-refractivity contribution < 1.29 is 0 Å². The molecule has 0 amide bonds. The number of pyridine rings is 1. The molecule has 1 heterocycles. The van der Waals surface area contributed by atoms with Crippen LogP contribution in [0.25, 0.3) is 10.9 Å². The van der Waals surface area contributed by atoms with Gasteiger partial charge in [-0.15, -0.1) is 0 Å². The van der Waals surface area contributed by atoms with Gasteiger partial charge >= 0.3 is 0 Å². The molecule has 19 heavy (non-hydrogen) atoms. The first-order valence-electron chi connectivity index (χ1n) is 6.11. The van der Waals surface area contributed by atoms with Crippen molar-refractivity contribution in [1.29, 1.82) is 0 Å². The molecule has 1 aromatic heterocycles. The molecule has 0 atom stereocenters. The van der Waals surface area contributed by atoms with Crippen LogP contribution < -0.4 is 5.32 Å². The van der Waals surface area contributed by atoms with E-state index in [0.29, 0.717) is 0 Å². The topological polar surface area (TPSA) is 24.9 Å². The van der Waals surface area contributed by atoms with Crippen LogP contribution in [-0.4, -0.2) is 4.98 Å². The summed E-state index contributed by atoms with van der Waals surface area (Å²) in [7, 11) is 0. The molecule has 0 saturated carbocycles. The van der Waals surface area contributed by atoms with E-state index >= 15 is 0 Å². The van der Waals surface area contributed by atoms with Crippen LogP contribution in [0.5, 0.6) is 0 Å². The minimum Gasteiger partial charge on any atom is -0.340 e. The quantitative estimate of drug-likeness (QED) is 0.712. The second kappa shape index (κ2) is 4.90. The molecule has 3 heteroatoms. The Labute approximate surface area is 117 Å². The van der Waals surface area contributed by atoms with Gasteiger partial charge in [-0.2, -0.15) is 0 Å². The summed E-state index contributed by atoms with van der Waals surface area (Å²) in [5.41, 5.74) is 3.19. The van der Waals surface area contributed by atoms with Crippen molar-refractivity contribution in [2.75, 3.05) is 5.32 Å². The second-order valence-electron chi connectivity index (χ2n) is 4.52. The zero-order chi connectivity index (χ0) is 13.2. The van der Waals surface area contributed by atoms with Gasteiger partial charge in [0.15, 0.2) is 0 Å². The lowest BCUT2D eigenvalue weighted by molar-refractivity contribution is 1.36. The lowest BCUT2D eigenvalue weighted by Gasteiger charge is -2.07. The average molecular weight is 269 g/mol. The highest BCUT2D eigenvalue weighted by molar-refractivity contribution is 6.30. The van der Waals surface area contributed by atoms with Gasteiger partial charge in [0, 0.05) is 16.1 Å². The van der Waals surface area contributed by atoms with Crippen molar-refractivity contribution in [2.24, 2.45) is 0 Å². The third kappa shape index (κ3) is 2.69. The average Bonchev–Trinajstić information content (AvgIpc) is 2.41. The maximum Gasteiger partial charge on any atom is 0.131 e. The molecular formula is C16H13ClN2. The van der Waals surface area contributed by atoms with E-state index in [1.54, 1.807) is 0 Å². The second-order valence-corrected chi connectivity index (χ2v) is 4.96. The van der Waals surface area contributed by atoms with Gasteiger partial charge in [-0.1, -0.05) is 23.7 Å². The van der Waals surface area contributed by atoms with Gasteiger partial charge in [0.25, 0.3) is 0 Å². The van der Waals surface area contributed by atoms with E-state index in [0.717, 1.165) is 27.4 Å². The number of halogens is 1. The Kier molecular flexibility index (Phi) is 3.10. The fourth-order valence-electron chi connectivity index (χ4n) is 1.98. The molecule has 2 aromatic carbocycles. The summed E-state index contributed by atoms with van der Waals surface area (Å²) in [6, 6.07) is 17.9. The zero-order valence-corrected chi connectivity index (χ0v) is 11.3. The summed E-state index contributed by atoms with van der Waals surface area (Å²) < 4.78 is 0. The van der Waals surface area contributed by atoms with E-state index in [1.165, 1.54) is 5.56 Å². The van der Waals surface area contributed by atoms with Crippen molar-refractivity contribution in [3.8, 4) is 0 Å². The Balaban J connectivity index is 1.94. The first-order chi connectivity index (χ1) is 9.20. The molecule has 94 valence electrons. The summed E-state index contributed by atoms with van der Waals surface area (Å²) in [5, 5.41) is 5.15. The third-order valence-corrected chi connectivity index (χ3v) is 3.22. The van der Waals surface area contributed by atoms with Crippen molar-refractivity contribution in [3.63, 3.8) is 0 Å². The molecule has 0 fully saturated rings. The van der Waals surface area contributed by atoms with Crippen LogP contribution in [0.15, 0.2) is 54.6 Å². The number of aromatic nitrogens is 1. The molecule has 3 aromatic rings. The highest BCUT2D eigenvalue weighted by atomic mass is 35.5. The first kappa shape index (κ1) is 12.0. The molecule has 0 aliphatic heterocycles. The maximum absolute atomic E-state index is 5.87. The Morgan fingerprint density at radius 1 is 0.947 bits per heavy atom. The highest BCUT2D eigenvalue weighted by Gasteiger charge is 1.99. The van der Waals surface area contributed by atoms with Crippen LogP contribution >= 0.6 is 11.6 Å². The fourth-order valence-corrected chi connectivity index (χ4v) is 2.10. The largest absolute Gasteiger partial charge is 0.340 e. The maximum atomic E-state index is 5.87. The normalized spacial score (nSPS) is 10.6. The SMILES string of the molecule is Cc1ccc2ccc(Nc3ccc(Cl)cc3)nc2c1. The van der Waals surface area contributed by atoms with Crippen LogP contribution in [0.4, 0.5) is 11.5 Å². The molecule has 1 N–H and O–H groups in total. The predicted octanol–water partition coefficient (Wildman–Crippen LogP) is 4.94. The fraction of sp³-hybridized carbons (Fsp3) is 0.0625. The monoisotopic (exact) mass is 268 g/mol. The summed E-state index contributed by atoms with van der Waals surface area (Å²) >= 11 is 5.87. The van der Waals surface area contributed by atoms with Gasteiger partial charge in [-0.05, 0) is 55.0 Å². The molecule has 0 aliphatic rings. The molecule has 0 aliphatic carbocycles. The molecule has 3 rings (SSSR count). The lowest BCUT2D eigenvalue weighted by Crippen LogP contribution is -1.93. The molecule has 0 unspecified atom stereocenters. The number of hydrogen-bond donors (Lipinski definition) is 1. The Bertz CT molecular complexity index is 720. The Morgan fingerprint density at radius 2 is 1.68 bits per heavy atom. The highest BCUT2D eigenvalue weighted by Crippen LogP contribution is 2.21. The predicted molar refractivity (Wildman–Crippen MR) is 81.2 cm³/mol. The van der Waals surface area contributed by atoms with Crippen molar-refractivity contribution in [2.45, 2.75) is 6.92 Å². The van der Waals surface area contributed by atoms with Gasteiger partial charge in [0.05, 0.1) is 5.52 Å². The minimum atomic E-state index is 0.729. The third-order valence-electron chi connectivity index (χ3n) is 2.96. The van der Waals surface area contributed by atoms with Crippen molar-refractivity contribution in [1.82, 2.24) is 4.98 Å². The summed E-state index contributed by atoms with van der Waals surface area (Å²) in [4.78, 5) is 4.61. The standard InChI is InChI=1S/C16H13ClN2/c1-11-2-3-12-4-9-16(19-15(12)10-11)18-14-7-5-13(17)6-8-14/h2-10H,1H3,(H,18,19).